The molecule has 0 aliphatic rings. The highest BCUT2D eigenvalue weighted by Gasteiger charge is 2.29. The van der Waals surface area contributed by atoms with Crippen LogP contribution in [0.1, 0.15) is 58.9 Å². The molecule has 0 aliphatic heterocycles. The average molecular weight is 663 g/mol. The third-order valence-corrected chi connectivity index (χ3v) is 6.98. The first-order valence-corrected chi connectivity index (χ1v) is 15.6. The van der Waals surface area contributed by atoms with E-state index in [0.29, 0.717) is 19.4 Å². The van der Waals surface area contributed by atoms with Gasteiger partial charge in [-0.15, -0.1) is 0 Å². The minimum Gasteiger partial charge on any atom is -0.387 e. The number of nitrogens with two attached hydrogens (primary N) is 2. The number of nitrogens with one attached hydrogen (secondary N) is 6. The molecule has 0 spiro atoms. The lowest BCUT2D eigenvalue weighted by atomic mass is 10.0. The molecule has 5 atom stereocenters. The van der Waals surface area contributed by atoms with E-state index in [4.69, 9.17) is 16.6 Å². The molecule has 0 unspecified atom stereocenters. The summed E-state index contributed by atoms with van der Waals surface area (Å²) in [7, 11) is 0. The first kappa shape index (κ1) is 40.5. The summed E-state index contributed by atoms with van der Waals surface area (Å²) in [6.45, 7) is 5.52. The van der Waals surface area contributed by atoms with Crippen molar-refractivity contribution < 1.29 is 38.7 Å². The number of primary amides is 1. The van der Waals surface area contributed by atoms with Gasteiger partial charge in [0.2, 0.25) is 41.4 Å². The van der Waals surface area contributed by atoms with Crippen LogP contribution in [0.2, 0.25) is 0 Å². The van der Waals surface area contributed by atoms with E-state index in [0.717, 1.165) is 5.56 Å². The molecule has 0 bridgehead atoms. The molecule has 262 valence electrons. The number of carbonyl (C=O) groups excluding carboxylic acids is 7. The van der Waals surface area contributed by atoms with Crippen LogP contribution in [0.4, 0.5) is 0 Å². The number of hydrogen-bond acceptors (Lipinski definition) is 9. The summed E-state index contributed by atoms with van der Waals surface area (Å²) in [4.78, 5) is 87.9. The molecular formula is C31H50N8O8. The number of aliphatic hydroxyl groups is 1. The van der Waals surface area contributed by atoms with Crippen LogP contribution in [0.3, 0.4) is 0 Å². The van der Waals surface area contributed by atoms with Crippen LogP contribution >= 0.6 is 0 Å². The standard InChI is InChI=1S/C31H50N8O8/c1-18(2)14-23(39-30(46)22(12-8-9-13-32)38-28(44)20(4)35-26(42)17-40)29(45)34-16-25(41)37-24(15-21-10-6-5-7-11-21)31(47)36-19(3)27(33)43/h5-7,10-11,18-20,22-24,40H,8-9,12-17,32H2,1-4H3,(H2,33,43)(H,34,45)(H,35,42)(H,36,47)(H,37,41)(H,38,44)(H,39,46)/t19-,20-,22-,23-,24-/m0/s1. The fraction of sp³-hybridized carbons (Fsp3) is 0.581. The van der Waals surface area contributed by atoms with Crippen molar-refractivity contribution in [3.05, 3.63) is 35.9 Å². The molecule has 1 rings (SSSR count). The Bertz CT molecular complexity index is 1210. The summed E-state index contributed by atoms with van der Waals surface area (Å²) < 4.78 is 0. The summed E-state index contributed by atoms with van der Waals surface area (Å²) in [5, 5.41) is 24.0. The SMILES string of the molecule is CC(C)C[C@H](NC(=O)[C@H](CCCCN)NC(=O)[C@H](C)NC(=O)CO)C(=O)NCC(=O)N[C@@H](Cc1ccccc1)C(=O)N[C@@H](C)C(N)=O. The third kappa shape index (κ3) is 16.0. The van der Waals surface area contributed by atoms with E-state index >= 15 is 0 Å². The number of rotatable bonds is 21. The molecule has 0 saturated carbocycles. The fourth-order valence-electron chi connectivity index (χ4n) is 4.37. The molecule has 11 N–H and O–H groups in total. The van der Waals surface area contributed by atoms with Crippen molar-refractivity contribution in [1.29, 1.82) is 0 Å². The summed E-state index contributed by atoms with van der Waals surface area (Å²) in [6, 6.07) is 3.62. The predicted molar refractivity (Wildman–Crippen MR) is 173 cm³/mol. The maximum Gasteiger partial charge on any atom is 0.246 e. The van der Waals surface area contributed by atoms with Gasteiger partial charge in [0.25, 0.3) is 0 Å². The number of amides is 7. The topological polar surface area (TPSA) is 264 Å². The van der Waals surface area contributed by atoms with Gasteiger partial charge in [0.05, 0.1) is 6.54 Å². The lowest BCUT2D eigenvalue weighted by molar-refractivity contribution is -0.134. The first-order valence-electron chi connectivity index (χ1n) is 15.6. The summed E-state index contributed by atoms with van der Waals surface area (Å²) in [5.74, 6) is -4.88. The highest BCUT2D eigenvalue weighted by Crippen LogP contribution is 2.08. The highest BCUT2D eigenvalue weighted by molar-refractivity contribution is 5.96. The van der Waals surface area contributed by atoms with E-state index in [2.05, 4.69) is 31.9 Å². The zero-order chi connectivity index (χ0) is 35.5. The summed E-state index contributed by atoms with van der Waals surface area (Å²) in [6.07, 6.45) is 1.57. The Morgan fingerprint density at radius 2 is 1.32 bits per heavy atom. The maximum absolute atomic E-state index is 13.3. The summed E-state index contributed by atoms with van der Waals surface area (Å²) in [5.41, 5.74) is 11.6. The monoisotopic (exact) mass is 662 g/mol. The Labute approximate surface area is 274 Å². The molecule has 0 fully saturated rings. The third-order valence-electron chi connectivity index (χ3n) is 6.98. The van der Waals surface area contributed by atoms with Crippen molar-refractivity contribution in [1.82, 2.24) is 31.9 Å². The average Bonchev–Trinajstić information content (AvgIpc) is 3.02. The van der Waals surface area contributed by atoms with Gasteiger partial charge in [0.1, 0.15) is 36.8 Å². The van der Waals surface area contributed by atoms with Crippen molar-refractivity contribution in [2.24, 2.45) is 17.4 Å². The second-order valence-corrected chi connectivity index (χ2v) is 11.6. The van der Waals surface area contributed by atoms with E-state index < -0.39 is 84.7 Å². The Morgan fingerprint density at radius 3 is 1.89 bits per heavy atom. The molecule has 16 heteroatoms. The van der Waals surface area contributed by atoms with E-state index in [1.165, 1.54) is 13.8 Å². The van der Waals surface area contributed by atoms with Gasteiger partial charge in [-0.2, -0.15) is 0 Å². The van der Waals surface area contributed by atoms with Crippen LogP contribution in [0.25, 0.3) is 0 Å². The van der Waals surface area contributed by atoms with Crippen molar-refractivity contribution in [3.63, 3.8) is 0 Å². The van der Waals surface area contributed by atoms with Gasteiger partial charge in [-0.3, -0.25) is 33.6 Å². The van der Waals surface area contributed by atoms with Gasteiger partial charge >= 0.3 is 0 Å². The Hall–Kier alpha value is -4.57. The van der Waals surface area contributed by atoms with Gasteiger partial charge in [0, 0.05) is 6.42 Å². The van der Waals surface area contributed by atoms with Crippen molar-refractivity contribution in [2.45, 2.75) is 90.0 Å². The van der Waals surface area contributed by atoms with Gasteiger partial charge in [-0.25, -0.2) is 0 Å². The minimum absolute atomic E-state index is 0.0509. The number of hydrogen-bond donors (Lipinski definition) is 9. The number of unbranched alkanes of at least 4 members (excludes halogenated alkanes) is 1. The molecule has 0 aliphatic carbocycles. The van der Waals surface area contributed by atoms with Crippen LogP contribution in [0.15, 0.2) is 30.3 Å². The molecule has 0 heterocycles. The minimum atomic E-state index is -1.09. The molecule has 0 radical (unpaired) electrons. The largest absolute Gasteiger partial charge is 0.387 e. The Morgan fingerprint density at radius 1 is 0.702 bits per heavy atom. The van der Waals surface area contributed by atoms with Gasteiger partial charge in [-0.1, -0.05) is 44.2 Å². The molecule has 1 aromatic rings. The van der Waals surface area contributed by atoms with Gasteiger partial charge < -0.3 is 48.5 Å². The Kier molecular flexibility index (Phi) is 18.3. The van der Waals surface area contributed by atoms with E-state index in [-0.39, 0.29) is 25.2 Å². The van der Waals surface area contributed by atoms with Crippen molar-refractivity contribution in [3.8, 4) is 0 Å². The zero-order valence-corrected chi connectivity index (χ0v) is 27.5. The van der Waals surface area contributed by atoms with Gasteiger partial charge in [-0.05, 0) is 57.6 Å². The fourth-order valence-corrected chi connectivity index (χ4v) is 4.37. The second kappa shape index (κ2) is 21.3. The second-order valence-electron chi connectivity index (χ2n) is 11.6. The van der Waals surface area contributed by atoms with E-state index in [9.17, 15) is 33.6 Å². The summed E-state index contributed by atoms with van der Waals surface area (Å²) >= 11 is 0. The van der Waals surface area contributed by atoms with Crippen molar-refractivity contribution >= 4 is 41.4 Å². The molecule has 0 saturated heterocycles. The molecule has 0 aromatic heterocycles. The molecule has 16 nitrogen and oxygen atoms in total. The van der Waals surface area contributed by atoms with Crippen LogP contribution in [0, 0.1) is 5.92 Å². The Balaban J connectivity index is 2.98. The number of aliphatic hydroxyl groups excluding tert-OH is 1. The van der Waals surface area contributed by atoms with E-state index in [1.807, 2.05) is 13.8 Å². The molecule has 7 amide bonds. The normalized spacial score (nSPS) is 14.0. The predicted octanol–water partition coefficient (Wildman–Crippen LogP) is -2.54. The van der Waals surface area contributed by atoms with Crippen LogP contribution in [-0.2, 0) is 40.0 Å². The molecule has 1 aromatic carbocycles. The van der Waals surface area contributed by atoms with Crippen LogP contribution < -0.4 is 43.4 Å². The zero-order valence-electron chi connectivity index (χ0n) is 27.5. The van der Waals surface area contributed by atoms with Crippen LogP contribution in [0.5, 0.6) is 0 Å². The van der Waals surface area contributed by atoms with Crippen molar-refractivity contribution in [2.75, 3.05) is 19.7 Å². The lowest BCUT2D eigenvalue weighted by Crippen LogP contribution is -2.57. The van der Waals surface area contributed by atoms with Crippen LogP contribution in [-0.4, -0.2) is 96.4 Å². The lowest BCUT2D eigenvalue weighted by Gasteiger charge is -2.25. The maximum atomic E-state index is 13.3. The number of benzene rings is 1. The number of carbonyl (C=O) groups is 7. The van der Waals surface area contributed by atoms with Gasteiger partial charge in [0.15, 0.2) is 0 Å². The molecule has 47 heavy (non-hydrogen) atoms. The first-order chi connectivity index (χ1) is 22.2. The smallest absolute Gasteiger partial charge is 0.246 e. The van der Waals surface area contributed by atoms with E-state index in [1.54, 1.807) is 30.3 Å². The quantitative estimate of drug-likeness (QED) is 0.0627. The molecular weight excluding hydrogens is 612 g/mol. The highest BCUT2D eigenvalue weighted by atomic mass is 16.3.